The molecule has 0 radical (unpaired) electrons. The van der Waals surface area contributed by atoms with Crippen LogP contribution in [0.1, 0.15) is 17.2 Å². The number of anilines is 2. The Bertz CT molecular complexity index is 598. The van der Waals surface area contributed by atoms with Gasteiger partial charge in [-0.15, -0.1) is 0 Å². The molecule has 1 aromatic carbocycles. The third kappa shape index (κ3) is 2.20. The maximum Gasteiger partial charge on any atom is 0.299 e. The van der Waals surface area contributed by atoms with Gasteiger partial charge in [-0.25, -0.2) is 4.98 Å². The number of hydrogen-bond donors (Lipinski definition) is 1. The molecule has 90 valence electrons. The standard InChI is InChI=1S/C15H14N2O/c1-11-5-4-8-13(9-11)17-15-16-10-14(18-15)12-6-2-3-7-12/h2-10,12H,1H3,(H,16,17). The lowest BCUT2D eigenvalue weighted by atomic mass is 10.1. The number of benzene rings is 1. The summed E-state index contributed by atoms with van der Waals surface area (Å²) in [5.41, 5.74) is 2.19. The van der Waals surface area contributed by atoms with Crippen molar-refractivity contribution in [2.75, 3.05) is 5.32 Å². The second-order valence-electron chi connectivity index (χ2n) is 4.36. The molecule has 0 amide bonds. The van der Waals surface area contributed by atoms with Gasteiger partial charge in [-0.1, -0.05) is 36.4 Å². The molecule has 0 atom stereocenters. The number of allylic oxidation sites excluding steroid dienone is 4. The summed E-state index contributed by atoms with van der Waals surface area (Å²) >= 11 is 0. The van der Waals surface area contributed by atoms with Crippen LogP contribution in [0.25, 0.3) is 0 Å². The maximum absolute atomic E-state index is 5.69. The normalized spacial score (nSPS) is 14.3. The molecule has 3 heteroatoms. The first-order chi connectivity index (χ1) is 8.81. The number of nitrogens with one attached hydrogen (secondary N) is 1. The van der Waals surface area contributed by atoms with Crippen LogP contribution in [0, 0.1) is 6.92 Å². The molecule has 3 rings (SSSR count). The summed E-state index contributed by atoms with van der Waals surface area (Å²) in [6.45, 7) is 2.06. The Hall–Kier alpha value is -2.29. The van der Waals surface area contributed by atoms with Gasteiger partial charge in [0, 0.05) is 5.69 Å². The van der Waals surface area contributed by atoms with Crippen molar-refractivity contribution < 1.29 is 4.42 Å². The summed E-state index contributed by atoms with van der Waals surface area (Å²) in [5.74, 6) is 1.07. The van der Waals surface area contributed by atoms with Crippen molar-refractivity contribution in [3.8, 4) is 0 Å². The Labute approximate surface area is 106 Å². The van der Waals surface area contributed by atoms with Gasteiger partial charge >= 0.3 is 0 Å². The third-order valence-corrected chi connectivity index (χ3v) is 2.87. The van der Waals surface area contributed by atoms with Crippen molar-refractivity contribution in [3.63, 3.8) is 0 Å². The molecule has 0 spiro atoms. The first kappa shape index (κ1) is 10.8. The summed E-state index contributed by atoms with van der Waals surface area (Å²) in [4.78, 5) is 4.24. The predicted octanol–water partition coefficient (Wildman–Crippen LogP) is 3.94. The predicted molar refractivity (Wildman–Crippen MR) is 72.0 cm³/mol. The zero-order chi connectivity index (χ0) is 12.4. The number of aromatic nitrogens is 1. The van der Waals surface area contributed by atoms with Crippen LogP contribution in [0.3, 0.4) is 0 Å². The van der Waals surface area contributed by atoms with Crippen LogP contribution in [0.2, 0.25) is 0 Å². The van der Waals surface area contributed by atoms with E-state index in [1.807, 2.05) is 24.3 Å². The minimum atomic E-state index is 0.213. The molecular weight excluding hydrogens is 224 g/mol. The summed E-state index contributed by atoms with van der Waals surface area (Å²) in [6, 6.07) is 8.64. The molecule has 0 aliphatic heterocycles. The van der Waals surface area contributed by atoms with Gasteiger partial charge in [0.25, 0.3) is 6.01 Å². The summed E-state index contributed by atoms with van der Waals surface area (Å²) in [7, 11) is 0. The highest BCUT2D eigenvalue weighted by Gasteiger charge is 2.13. The lowest BCUT2D eigenvalue weighted by Crippen LogP contribution is -1.90. The highest BCUT2D eigenvalue weighted by Crippen LogP contribution is 2.26. The summed E-state index contributed by atoms with van der Waals surface area (Å²) in [6.07, 6.45) is 9.96. The van der Waals surface area contributed by atoms with Crippen LogP contribution in [0.5, 0.6) is 0 Å². The monoisotopic (exact) mass is 238 g/mol. The second-order valence-corrected chi connectivity index (χ2v) is 4.36. The quantitative estimate of drug-likeness (QED) is 0.880. The fourth-order valence-corrected chi connectivity index (χ4v) is 1.97. The molecule has 1 N–H and O–H groups in total. The van der Waals surface area contributed by atoms with Gasteiger partial charge in [0.05, 0.1) is 12.1 Å². The van der Waals surface area contributed by atoms with Gasteiger partial charge in [0.1, 0.15) is 5.76 Å². The number of nitrogens with zero attached hydrogens (tertiary/aromatic N) is 1. The molecule has 1 aliphatic rings. The molecule has 3 nitrogen and oxygen atoms in total. The topological polar surface area (TPSA) is 38.1 Å². The minimum Gasteiger partial charge on any atom is -0.428 e. The molecule has 0 saturated carbocycles. The molecule has 0 fully saturated rings. The Morgan fingerprint density at radius 1 is 1.22 bits per heavy atom. The molecule has 1 aliphatic carbocycles. The maximum atomic E-state index is 5.69. The molecule has 0 unspecified atom stereocenters. The fraction of sp³-hybridized carbons (Fsp3) is 0.133. The van der Waals surface area contributed by atoms with E-state index in [1.165, 1.54) is 5.56 Å². The van der Waals surface area contributed by atoms with Crippen molar-refractivity contribution in [1.82, 2.24) is 4.98 Å². The largest absolute Gasteiger partial charge is 0.428 e. The number of hydrogen-bond acceptors (Lipinski definition) is 3. The Balaban J connectivity index is 1.77. The average molecular weight is 238 g/mol. The smallest absolute Gasteiger partial charge is 0.299 e. The van der Waals surface area contributed by atoms with E-state index in [0.29, 0.717) is 6.01 Å². The van der Waals surface area contributed by atoms with Crippen LogP contribution >= 0.6 is 0 Å². The van der Waals surface area contributed by atoms with Crippen molar-refractivity contribution in [2.24, 2.45) is 0 Å². The number of rotatable bonds is 3. The van der Waals surface area contributed by atoms with E-state index >= 15 is 0 Å². The zero-order valence-electron chi connectivity index (χ0n) is 10.1. The van der Waals surface area contributed by atoms with E-state index in [0.717, 1.165) is 11.4 Å². The van der Waals surface area contributed by atoms with E-state index < -0.39 is 0 Å². The van der Waals surface area contributed by atoms with E-state index in [-0.39, 0.29) is 5.92 Å². The molecule has 0 bridgehead atoms. The minimum absolute atomic E-state index is 0.213. The first-order valence-electron chi connectivity index (χ1n) is 5.96. The zero-order valence-corrected chi connectivity index (χ0v) is 10.1. The van der Waals surface area contributed by atoms with Crippen molar-refractivity contribution in [3.05, 3.63) is 66.1 Å². The lowest BCUT2D eigenvalue weighted by Gasteiger charge is -2.03. The third-order valence-electron chi connectivity index (χ3n) is 2.87. The second kappa shape index (κ2) is 4.53. The van der Waals surface area contributed by atoms with Crippen LogP contribution < -0.4 is 5.32 Å². The Morgan fingerprint density at radius 3 is 2.83 bits per heavy atom. The van der Waals surface area contributed by atoms with Crippen LogP contribution in [0.15, 0.2) is 59.2 Å². The van der Waals surface area contributed by atoms with Gasteiger partial charge in [-0.3, -0.25) is 0 Å². The number of oxazole rings is 1. The number of aryl methyl sites for hydroxylation is 1. The highest BCUT2D eigenvalue weighted by molar-refractivity contribution is 5.53. The van der Waals surface area contributed by atoms with Crippen LogP contribution in [-0.2, 0) is 0 Å². The molecular formula is C15H14N2O. The molecule has 0 saturated heterocycles. The summed E-state index contributed by atoms with van der Waals surface area (Å²) < 4.78 is 5.69. The van der Waals surface area contributed by atoms with Gasteiger partial charge in [-0.2, -0.15) is 0 Å². The first-order valence-corrected chi connectivity index (χ1v) is 5.96. The van der Waals surface area contributed by atoms with Crippen LogP contribution in [-0.4, -0.2) is 4.98 Å². The van der Waals surface area contributed by atoms with Gasteiger partial charge in [0.15, 0.2) is 0 Å². The van der Waals surface area contributed by atoms with E-state index in [9.17, 15) is 0 Å². The van der Waals surface area contributed by atoms with E-state index in [2.05, 4.69) is 41.5 Å². The van der Waals surface area contributed by atoms with Crippen molar-refractivity contribution >= 4 is 11.7 Å². The van der Waals surface area contributed by atoms with Gasteiger partial charge < -0.3 is 9.73 Å². The fourth-order valence-electron chi connectivity index (χ4n) is 1.97. The highest BCUT2D eigenvalue weighted by atomic mass is 16.4. The summed E-state index contributed by atoms with van der Waals surface area (Å²) in [5, 5.41) is 3.16. The molecule has 2 aromatic rings. The Kier molecular flexibility index (Phi) is 2.73. The van der Waals surface area contributed by atoms with E-state index in [1.54, 1.807) is 6.20 Å². The average Bonchev–Trinajstić information content (AvgIpc) is 2.98. The van der Waals surface area contributed by atoms with Gasteiger partial charge in [0.2, 0.25) is 0 Å². The SMILES string of the molecule is Cc1cccc(Nc2ncc(C3C=CC=C3)o2)c1. The Morgan fingerprint density at radius 2 is 2.06 bits per heavy atom. The van der Waals surface area contributed by atoms with Crippen molar-refractivity contribution in [2.45, 2.75) is 12.8 Å². The molecule has 1 aromatic heterocycles. The van der Waals surface area contributed by atoms with Gasteiger partial charge in [-0.05, 0) is 24.6 Å². The van der Waals surface area contributed by atoms with Crippen LogP contribution in [0.4, 0.5) is 11.7 Å². The molecule has 1 heterocycles. The van der Waals surface area contributed by atoms with E-state index in [4.69, 9.17) is 4.42 Å². The molecule has 18 heavy (non-hydrogen) atoms. The van der Waals surface area contributed by atoms with Crippen molar-refractivity contribution in [1.29, 1.82) is 0 Å². The lowest BCUT2D eigenvalue weighted by molar-refractivity contribution is 0.522.